The van der Waals surface area contributed by atoms with E-state index in [-0.39, 0.29) is 12.5 Å². The van der Waals surface area contributed by atoms with Crippen LogP contribution in [0.15, 0.2) is 24.5 Å². The molecule has 1 heterocycles. The van der Waals surface area contributed by atoms with Gasteiger partial charge >= 0.3 is 0 Å². The van der Waals surface area contributed by atoms with Gasteiger partial charge in [-0.05, 0) is 24.5 Å². The Labute approximate surface area is 101 Å². The number of amides is 1. The van der Waals surface area contributed by atoms with Crippen LogP contribution in [0.3, 0.4) is 0 Å². The summed E-state index contributed by atoms with van der Waals surface area (Å²) in [6, 6.07) is 3.81. The summed E-state index contributed by atoms with van der Waals surface area (Å²) in [5.41, 5.74) is 0.507. The largest absolute Gasteiger partial charge is 0.395 e. The third-order valence-corrected chi connectivity index (χ3v) is 3.56. The molecule has 0 aliphatic heterocycles. The van der Waals surface area contributed by atoms with Crippen molar-refractivity contribution in [2.45, 2.75) is 25.8 Å². The molecule has 2 rings (SSSR count). The van der Waals surface area contributed by atoms with Gasteiger partial charge in [-0.2, -0.15) is 0 Å². The van der Waals surface area contributed by atoms with Crippen molar-refractivity contribution in [2.24, 2.45) is 5.41 Å². The molecular weight excluding hydrogens is 216 g/mol. The molecule has 1 aromatic rings. The number of nitrogens with zero attached hydrogens (tertiary/aromatic N) is 2. The third kappa shape index (κ3) is 2.31. The van der Waals surface area contributed by atoms with Crippen molar-refractivity contribution in [1.29, 1.82) is 0 Å². The summed E-state index contributed by atoms with van der Waals surface area (Å²) in [5.74, 6) is 0.0510. The first-order valence-electron chi connectivity index (χ1n) is 5.93. The molecule has 0 unspecified atom stereocenters. The quantitative estimate of drug-likeness (QED) is 0.851. The van der Waals surface area contributed by atoms with Crippen LogP contribution < -0.4 is 0 Å². The van der Waals surface area contributed by atoms with E-state index in [1.807, 2.05) is 12.1 Å². The Kier molecular flexibility index (Phi) is 3.43. The minimum Gasteiger partial charge on any atom is -0.395 e. The Morgan fingerprint density at radius 3 is 2.82 bits per heavy atom. The highest BCUT2D eigenvalue weighted by Crippen LogP contribution is 2.41. The molecule has 4 nitrogen and oxygen atoms in total. The normalized spacial score (nSPS) is 17.3. The van der Waals surface area contributed by atoms with Gasteiger partial charge in [0.25, 0.3) is 0 Å². The molecule has 17 heavy (non-hydrogen) atoms. The second kappa shape index (κ2) is 4.84. The van der Waals surface area contributed by atoms with Crippen molar-refractivity contribution in [3.05, 3.63) is 30.1 Å². The fourth-order valence-electron chi connectivity index (χ4n) is 2.29. The molecule has 0 aromatic carbocycles. The molecule has 0 spiro atoms. The molecule has 1 N–H and O–H groups in total. The van der Waals surface area contributed by atoms with E-state index in [2.05, 4.69) is 4.98 Å². The van der Waals surface area contributed by atoms with Crippen molar-refractivity contribution in [1.82, 2.24) is 9.88 Å². The van der Waals surface area contributed by atoms with Crippen LogP contribution in [0.1, 0.15) is 24.8 Å². The fraction of sp³-hybridized carbons (Fsp3) is 0.538. The van der Waals surface area contributed by atoms with Crippen molar-refractivity contribution in [3.63, 3.8) is 0 Å². The Bertz CT molecular complexity index is 382. The number of aliphatic hydroxyl groups is 1. The van der Waals surface area contributed by atoms with Gasteiger partial charge in [0, 0.05) is 26.0 Å². The van der Waals surface area contributed by atoms with Crippen LogP contribution in [-0.4, -0.2) is 34.6 Å². The predicted molar refractivity (Wildman–Crippen MR) is 64.1 cm³/mol. The number of aliphatic hydroxyl groups excluding tert-OH is 1. The summed E-state index contributed by atoms with van der Waals surface area (Å²) in [6.45, 7) is 0.512. The maximum atomic E-state index is 12.2. The zero-order valence-corrected chi connectivity index (χ0v) is 10.1. The van der Waals surface area contributed by atoms with E-state index in [0.29, 0.717) is 6.54 Å². The van der Waals surface area contributed by atoms with Crippen LogP contribution in [0, 0.1) is 5.41 Å². The molecule has 1 aromatic heterocycles. The van der Waals surface area contributed by atoms with Gasteiger partial charge in [-0.15, -0.1) is 0 Å². The Hall–Kier alpha value is -1.42. The molecule has 1 aliphatic carbocycles. The molecule has 0 atom stereocenters. The minimum absolute atomic E-state index is 0.0385. The molecule has 4 heteroatoms. The van der Waals surface area contributed by atoms with Crippen LogP contribution in [-0.2, 0) is 11.3 Å². The third-order valence-electron chi connectivity index (χ3n) is 3.56. The van der Waals surface area contributed by atoms with Crippen LogP contribution in [0.5, 0.6) is 0 Å². The molecule has 92 valence electrons. The predicted octanol–water partition coefficient (Wildman–Crippen LogP) is 1.20. The first-order chi connectivity index (χ1) is 8.18. The SMILES string of the molecule is CN(Cc1cccnc1)C(=O)C1(CO)CCC1. The zero-order chi connectivity index (χ0) is 12.3. The number of hydrogen-bond donors (Lipinski definition) is 1. The van der Waals surface area contributed by atoms with Gasteiger partial charge < -0.3 is 10.0 Å². The molecular formula is C13H18N2O2. The maximum absolute atomic E-state index is 12.2. The van der Waals surface area contributed by atoms with Crippen LogP contribution in [0.2, 0.25) is 0 Å². The summed E-state index contributed by atoms with van der Waals surface area (Å²) in [6.07, 6.45) is 6.12. The van der Waals surface area contributed by atoms with E-state index < -0.39 is 5.41 Å². The Balaban J connectivity index is 2.00. The summed E-state index contributed by atoms with van der Waals surface area (Å²) < 4.78 is 0. The first-order valence-corrected chi connectivity index (χ1v) is 5.93. The highest BCUT2D eigenvalue weighted by Gasteiger charge is 2.44. The van der Waals surface area contributed by atoms with Gasteiger partial charge in [0.2, 0.25) is 5.91 Å². The van der Waals surface area contributed by atoms with Crippen LogP contribution in [0.4, 0.5) is 0 Å². The zero-order valence-electron chi connectivity index (χ0n) is 10.1. The van der Waals surface area contributed by atoms with E-state index in [9.17, 15) is 9.90 Å². The highest BCUT2D eigenvalue weighted by atomic mass is 16.3. The van der Waals surface area contributed by atoms with E-state index >= 15 is 0 Å². The number of pyridine rings is 1. The molecule has 1 amide bonds. The summed E-state index contributed by atoms with van der Waals surface area (Å²) in [5, 5.41) is 9.36. The second-order valence-electron chi connectivity index (χ2n) is 4.81. The van der Waals surface area contributed by atoms with Gasteiger partial charge in [-0.25, -0.2) is 0 Å². The average Bonchev–Trinajstić information content (AvgIpc) is 2.29. The monoisotopic (exact) mass is 234 g/mol. The minimum atomic E-state index is -0.503. The van der Waals surface area contributed by atoms with E-state index in [0.717, 1.165) is 24.8 Å². The lowest BCUT2D eigenvalue weighted by atomic mass is 9.68. The lowest BCUT2D eigenvalue weighted by Gasteiger charge is -2.41. The van der Waals surface area contributed by atoms with Gasteiger partial charge in [0.05, 0.1) is 12.0 Å². The highest BCUT2D eigenvalue weighted by molar-refractivity contribution is 5.83. The molecule has 0 bridgehead atoms. The maximum Gasteiger partial charge on any atom is 0.231 e. The van der Waals surface area contributed by atoms with Crippen LogP contribution in [0.25, 0.3) is 0 Å². The molecule has 1 aliphatic rings. The van der Waals surface area contributed by atoms with Crippen molar-refractivity contribution in [2.75, 3.05) is 13.7 Å². The lowest BCUT2D eigenvalue weighted by molar-refractivity contribution is -0.150. The molecule has 1 fully saturated rings. The average molecular weight is 234 g/mol. The summed E-state index contributed by atoms with van der Waals surface area (Å²) >= 11 is 0. The number of carbonyl (C=O) groups is 1. The fourth-order valence-corrected chi connectivity index (χ4v) is 2.29. The smallest absolute Gasteiger partial charge is 0.231 e. The number of rotatable bonds is 4. The standard InChI is InChI=1S/C13H18N2O2/c1-15(9-11-4-2-7-14-8-11)12(17)13(10-16)5-3-6-13/h2,4,7-8,16H,3,5-6,9-10H2,1H3. The van der Waals surface area contributed by atoms with Crippen molar-refractivity contribution in [3.8, 4) is 0 Å². The van der Waals surface area contributed by atoms with E-state index in [4.69, 9.17) is 0 Å². The summed E-state index contributed by atoms with van der Waals surface area (Å²) in [4.78, 5) is 17.9. The Morgan fingerprint density at radius 2 is 2.35 bits per heavy atom. The number of carbonyl (C=O) groups excluding carboxylic acids is 1. The van der Waals surface area contributed by atoms with Crippen molar-refractivity contribution >= 4 is 5.91 Å². The number of aromatic nitrogens is 1. The second-order valence-corrected chi connectivity index (χ2v) is 4.81. The van der Waals surface area contributed by atoms with E-state index in [1.165, 1.54) is 0 Å². The number of hydrogen-bond acceptors (Lipinski definition) is 3. The van der Waals surface area contributed by atoms with Gasteiger partial charge in [-0.3, -0.25) is 9.78 Å². The molecule has 1 saturated carbocycles. The first kappa shape index (κ1) is 12.0. The van der Waals surface area contributed by atoms with Crippen LogP contribution >= 0.6 is 0 Å². The van der Waals surface area contributed by atoms with Gasteiger partial charge in [0.15, 0.2) is 0 Å². The van der Waals surface area contributed by atoms with Gasteiger partial charge in [0.1, 0.15) is 0 Å². The van der Waals surface area contributed by atoms with Gasteiger partial charge in [-0.1, -0.05) is 12.5 Å². The van der Waals surface area contributed by atoms with Crippen molar-refractivity contribution < 1.29 is 9.90 Å². The van der Waals surface area contributed by atoms with E-state index in [1.54, 1.807) is 24.3 Å². The summed E-state index contributed by atoms with van der Waals surface area (Å²) in [7, 11) is 1.78. The molecule has 0 radical (unpaired) electrons. The lowest BCUT2D eigenvalue weighted by Crippen LogP contribution is -2.48. The topological polar surface area (TPSA) is 53.4 Å². The molecule has 0 saturated heterocycles. The Morgan fingerprint density at radius 1 is 1.59 bits per heavy atom.